The summed E-state index contributed by atoms with van der Waals surface area (Å²) in [4.78, 5) is 3.68. The Kier molecular flexibility index (Phi) is 16.5. The average Bonchev–Trinajstić information content (AvgIpc) is 2.58. The van der Waals surface area contributed by atoms with Crippen molar-refractivity contribution < 1.29 is 4.39 Å². The van der Waals surface area contributed by atoms with Gasteiger partial charge in [0, 0.05) is 16.2 Å². The van der Waals surface area contributed by atoms with Crippen LogP contribution in [0.25, 0.3) is 0 Å². The Morgan fingerprint density at radius 2 is 1.26 bits per heavy atom. The topological polar surface area (TPSA) is 12.9 Å². The molecule has 0 aliphatic rings. The van der Waals surface area contributed by atoms with Crippen molar-refractivity contribution in [2.75, 3.05) is 0 Å². The molecule has 1 nitrogen and oxygen atoms in total. The summed E-state index contributed by atoms with van der Waals surface area (Å²) in [6.45, 7) is 12.0. The quantitative estimate of drug-likeness (QED) is 0.544. The van der Waals surface area contributed by atoms with Gasteiger partial charge in [-0.1, -0.05) is 64.7 Å². The number of hydrogen-bond acceptors (Lipinski definition) is 1. The maximum Gasteiger partial charge on any atom is 0.141 e. The van der Waals surface area contributed by atoms with Gasteiger partial charge in [0.15, 0.2) is 0 Å². The van der Waals surface area contributed by atoms with E-state index in [1.165, 1.54) is 17.8 Å². The van der Waals surface area contributed by atoms with Crippen LogP contribution in [-0.4, -0.2) is 4.98 Å². The van der Waals surface area contributed by atoms with E-state index in [2.05, 4.69) is 11.9 Å². The Morgan fingerprint density at radius 1 is 0.783 bits per heavy atom. The number of aromatic nitrogens is 1. The molecule has 130 valence electrons. The molecule has 0 saturated heterocycles. The van der Waals surface area contributed by atoms with Crippen molar-refractivity contribution >= 4 is 23.2 Å². The van der Waals surface area contributed by atoms with Gasteiger partial charge in [0.05, 0.1) is 6.20 Å². The lowest BCUT2D eigenvalue weighted by molar-refractivity contribution is 0.619. The summed E-state index contributed by atoms with van der Waals surface area (Å²) in [5.74, 6) is -0.255. The summed E-state index contributed by atoms with van der Waals surface area (Å²) in [5.41, 5.74) is 2.12. The first-order valence-electron chi connectivity index (χ1n) is 8.09. The van der Waals surface area contributed by atoms with Crippen LogP contribution in [0.5, 0.6) is 0 Å². The van der Waals surface area contributed by atoms with Gasteiger partial charge in [-0.05, 0) is 48.2 Å². The molecule has 2 rings (SSSR count). The molecular weight excluding hydrogens is 332 g/mol. The van der Waals surface area contributed by atoms with Gasteiger partial charge >= 0.3 is 0 Å². The highest BCUT2D eigenvalue weighted by molar-refractivity contribution is 6.34. The third-order valence-corrected chi connectivity index (χ3v) is 2.94. The second-order valence-corrected chi connectivity index (χ2v) is 4.87. The maximum absolute atomic E-state index is 12.3. The Labute approximate surface area is 150 Å². The van der Waals surface area contributed by atoms with Gasteiger partial charge in [0.1, 0.15) is 5.82 Å². The van der Waals surface area contributed by atoms with Crippen LogP contribution in [0.4, 0.5) is 4.39 Å². The van der Waals surface area contributed by atoms with Crippen molar-refractivity contribution in [3.8, 4) is 0 Å². The summed E-state index contributed by atoms with van der Waals surface area (Å²) in [5, 5.41) is 1.42. The Bertz CT molecular complexity index is 510. The summed E-state index contributed by atoms with van der Waals surface area (Å²) in [7, 11) is 0. The van der Waals surface area contributed by atoms with Gasteiger partial charge in [-0.2, -0.15) is 0 Å². The van der Waals surface area contributed by atoms with E-state index in [0.717, 1.165) is 18.4 Å². The lowest BCUT2D eigenvalue weighted by Gasteiger charge is -1.97. The van der Waals surface area contributed by atoms with E-state index in [1.54, 1.807) is 12.3 Å². The van der Waals surface area contributed by atoms with Crippen LogP contribution in [0.15, 0.2) is 36.7 Å². The fraction of sp³-hybridized carbons (Fsp3) is 0.421. The number of hydrogen-bond donors (Lipinski definition) is 0. The van der Waals surface area contributed by atoms with Crippen molar-refractivity contribution in [2.45, 2.75) is 54.4 Å². The van der Waals surface area contributed by atoms with Gasteiger partial charge in [-0.3, -0.25) is 4.98 Å². The molecule has 0 aliphatic carbocycles. The molecule has 0 atom stereocenters. The van der Waals surface area contributed by atoms with E-state index in [4.69, 9.17) is 23.2 Å². The highest BCUT2D eigenvalue weighted by Crippen LogP contribution is 2.18. The zero-order valence-electron chi connectivity index (χ0n) is 15.0. The molecule has 4 heteroatoms. The Balaban J connectivity index is 0. The molecule has 0 N–H and O–H groups in total. The summed E-state index contributed by atoms with van der Waals surface area (Å²) in [6.07, 6.45) is 4.69. The normalized spacial score (nSPS) is 8.57. The zero-order valence-corrected chi connectivity index (χ0v) is 16.5. The number of rotatable bonds is 2. The second kappa shape index (κ2) is 15.8. The van der Waals surface area contributed by atoms with Crippen molar-refractivity contribution in [1.82, 2.24) is 4.98 Å². The fourth-order valence-electron chi connectivity index (χ4n) is 1.46. The fourth-order valence-corrected chi connectivity index (χ4v) is 2.04. The molecule has 0 bridgehead atoms. The smallest absolute Gasteiger partial charge is 0.141 e. The molecule has 1 aromatic heterocycles. The lowest BCUT2D eigenvalue weighted by Crippen LogP contribution is -1.83. The van der Waals surface area contributed by atoms with Crippen molar-refractivity contribution in [3.05, 3.63) is 63.6 Å². The lowest BCUT2D eigenvalue weighted by atomic mass is 10.2. The van der Waals surface area contributed by atoms with E-state index >= 15 is 0 Å². The highest BCUT2D eigenvalue weighted by Gasteiger charge is 1.94. The molecule has 0 fully saturated rings. The number of pyridine rings is 1. The maximum atomic E-state index is 12.3. The van der Waals surface area contributed by atoms with Gasteiger partial charge < -0.3 is 0 Å². The van der Waals surface area contributed by atoms with Crippen LogP contribution in [0.1, 0.15) is 52.7 Å². The summed E-state index contributed by atoms with van der Waals surface area (Å²) >= 11 is 11.5. The predicted octanol–water partition coefficient (Wildman–Crippen LogP) is 7.39. The van der Waals surface area contributed by atoms with E-state index in [0.29, 0.717) is 10.0 Å². The predicted molar refractivity (Wildman–Crippen MR) is 102 cm³/mol. The average molecular weight is 360 g/mol. The van der Waals surface area contributed by atoms with Gasteiger partial charge in [-0.25, -0.2) is 4.39 Å². The molecule has 1 aromatic carbocycles. The molecular formula is C19H28Cl2FN. The Morgan fingerprint density at radius 3 is 1.61 bits per heavy atom. The van der Waals surface area contributed by atoms with Crippen LogP contribution in [0.3, 0.4) is 0 Å². The largest absolute Gasteiger partial charge is 0.261 e. The van der Waals surface area contributed by atoms with Crippen LogP contribution in [0.2, 0.25) is 10.0 Å². The first kappa shape index (κ1) is 24.1. The van der Waals surface area contributed by atoms with E-state index in [-0.39, 0.29) is 5.82 Å². The molecule has 0 amide bonds. The second-order valence-electron chi connectivity index (χ2n) is 4.00. The molecule has 0 radical (unpaired) electrons. The van der Waals surface area contributed by atoms with Crippen LogP contribution in [-0.2, 0) is 12.8 Å². The standard InChI is InChI=1S/C8H8Cl2.C7H8FN.2C2H6/c1-2-6-3-7(9)5-8(10)4-6;1-2-6-3-7(8)5-9-4-6;2*1-2/h3-5H,2H2,1H3;3-5H,2H2,1H3;2*1-2H3. The summed E-state index contributed by atoms with van der Waals surface area (Å²) in [6, 6.07) is 7.08. The molecule has 23 heavy (non-hydrogen) atoms. The molecule has 0 aliphatic heterocycles. The number of aryl methyl sites for hydroxylation is 2. The van der Waals surface area contributed by atoms with Crippen LogP contribution in [0, 0.1) is 5.82 Å². The highest BCUT2D eigenvalue weighted by atomic mass is 35.5. The van der Waals surface area contributed by atoms with Crippen LogP contribution >= 0.6 is 23.2 Å². The van der Waals surface area contributed by atoms with Gasteiger partial charge in [0.2, 0.25) is 0 Å². The van der Waals surface area contributed by atoms with Crippen molar-refractivity contribution in [1.29, 1.82) is 0 Å². The molecule has 0 spiro atoms. The van der Waals surface area contributed by atoms with E-state index in [1.807, 2.05) is 46.8 Å². The van der Waals surface area contributed by atoms with Gasteiger partial charge in [0.25, 0.3) is 0 Å². The minimum atomic E-state index is -0.255. The monoisotopic (exact) mass is 359 g/mol. The van der Waals surface area contributed by atoms with Gasteiger partial charge in [-0.15, -0.1) is 0 Å². The summed E-state index contributed by atoms with van der Waals surface area (Å²) < 4.78 is 12.3. The first-order valence-corrected chi connectivity index (χ1v) is 8.85. The molecule has 0 saturated carbocycles. The van der Waals surface area contributed by atoms with Crippen molar-refractivity contribution in [3.63, 3.8) is 0 Å². The SMILES string of the molecule is CC.CC.CCc1cc(Cl)cc(Cl)c1.CCc1cncc(F)c1. The number of benzene rings is 1. The minimum Gasteiger partial charge on any atom is -0.261 e. The third-order valence-electron chi connectivity index (χ3n) is 2.50. The zero-order chi connectivity index (χ0) is 18.3. The molecule has 0 unspecified atom stereocenters. The first-order chi connectivity index (χ1) is 11.0. The van der Waals surface area contributed by atoms with E-state index < -0.39 is 0 Å². The van der Waals surface area contributed by atoms with Crippen molar-refractivity contribution in [2.24, 2.45) is 0 Å². The Hall–Kier alpha value is -1.12. The molecule has 1 heterocycles. The third kappa shape index (κ3) is 12.0. The number of halogens is 3. The number of nitrogens with zero attached hydrogens (tertiary/aromatic N) is 1. The minimum absolute atomic E-state index is 0.255. The molecule has 2 aromatic rings. The van der Waals surface area contributed by atoms with Crippen LogP contribution < -0.4 is 0 Å². The van der Waals surface area contributed by atoms with E-state index in [9.17, 15) is 4.39 Å².